The molecule has 0 heterocycles. The van der Waals surface area contributed by atoms with Crippen LogP contribution in [0, 0.1) is 5.92 Å². The number of hydrogen-bond acceptors (Lipinski definition) is 8. The molecule has 0 aromatic carbocycles. The van der Waals surface area contributed by atoms with Crippen molar-refractivity contribution < 1.29 is 24.3 Å². The summed E-state index contributed by atoms with van der Waals surface area (Å²) in [6.45, 7) is 4.26. The van der Waals surface area contributed by atoms with Gasteiger partial charge in [-0.05, 0) is 75.0 Å². The van der Waals surface area contributed by atoms with E-state index in [1.165, 1.54) is 11.8 Å². The lowest BCUT2D eigenvalue weighted by atomic mass is 10.0. The van der Waals surface area contributed by atoms with E-state index in [0.29, 0.717) is 44.4 Å². The lowest BCUT2D eigenvalue weighted by Gasteiger charge is -2.26. The van der Waals surface area contributed by atoms with Gasteiger partial charge in [0.2, 0.25) is 17.7 Å². The summed E-state index contributed by atoms with van der Waals surface area (Å²) < 4.78 is 0. The van der Waals surface area contributed by atoms with Crippen LogP contribution in [0.3, 0.4) is 0 Å². The fourth-order valence-electron chi connectivity index (χ4n) is 3.16. The van der Waals surface area contributed by atoms with E-state index in [9.17, 15) is 24.3 Å². The van der Waals surface area contributed by atoms with Crippen molar-refractivity contribution in [3.05, 3.63) is 0 Å². The number of amides is 3. The molecule has 0 fully saturated rings. The summed E-state index contributed by atoms with van der Waals surface area (Å²) in [4.78, 5) is 50.1. The molecule has 4 unspecified atom stereocenters. The van der Waals surface area contributed by atoms with Gasteiger partial charge >= 0.3 is 5.97 Å². The summed E-state index contributed by atoms with van der Waals surface area (Å²) in [6, 6.07) is -3.57. The van der Waals surface area contributed by atoms with Gasteiger partial charge in [-0.25, -0.2) is 4.79 Å². The molecule has 0 bridgehead atoms. The van der Waals surface area contributed by atoms with Gasteiger partial charge in [0.1, 0.15) is 18.1 Å². The van der Waals surface area contributed by atoms with E-state index >= 15 is 0 Å². The lowest BCUT2D eigenvalue weighted by molar-refractivity contribution is -0.142. The van der Waals surface area contributed by atoms with Crippen molar-refractivity contribution in [2.45, 2.75) is 76.5 Å². The molecule has 12 heteroatoms. The number of carbonyl (C=O) groups is 4. The summed E-state index contributed by atoms with van der Waals surface area (Å²) in [5.74, 6) is -1.24. The Morgan fingerprint density at radius 3 is 1.85 bits per heavy atom. The van der Waals surface area contributed by atoms with Crippen molar-refractivity contribution in [1.82, 2.24) is 16.0 Å². The van der Waals surface area contributed by atoms with E-state index in [2.05, 4.69) is 16.0 Å². The minimum absolute atomic E-state index is 0.0655. The fraction of sp³-hybridized carbons (Fsp3) is 0.818. The Labute approximate surface area is 211 Å². The molecule has 198 valence electrons. The van der Waals surface area contributed by atoms with E-state index < -0.39 is 47.9 Å². The Kier molecular flexibility index (Phi) is 18.0. The van der Waals surface area contributed by atoms with Crippen LogP contribution in [-0.2, 0) is 19.2 Å². The van der Waals surface area contributed by atoms with Crippen LogP contribution >= 0.6 is 23.5 Å². The minimum Gasteiger partial charge on any atom is -0.480 e. The summed E-state index contributed by atoms with van der Waals surface area (Å²) in [5.41, 5.74) is 11.5. The van der Waals surface area contributed by atoms with Crippen LogP contribution in [0.4, 0.5) is 0 Å². The second kappa shape index (κ2) is 18.8. The van der Waals surface area contributed by atoms with Crippen LogP contribution < -0.4 is 27.4 Å². The first-order valence-corrected chi connectivity index (χ1v) is 14.4. The zero-order valence-electron chi connectivity index (χ0n) is 20.8. The Morgan fingerprint density at radius 2 is 1.32 bits per heavy atom. The SMILES string of the molecule is CSCCC(N)C(=O)NC(CCCCN)C(=O)NC(CC(C)C)C(=O)NC(CCSC)C(=O)O. The van der Waals surface area contributed by atoms with Crippen molar-refractivity contribution in [1.29, 1.82) is 0 Å². The van der Waals surface area contributed by atoms with E-state index in [4.69, 9.17) is 11.5 Å². The van der Waals surface area contributed by atoms with E-state index in [1.54, 1.807) is 11.8 Å². The molecule has 4 atom stereocenters. The first-order valence-electron chi connectivity index (χ1n) is 11.6. The summed E-state index contributed by atoms with van der Waals surface area (Å²) in [6.07, 6.45) is 6.51. The van der Waals surface area contributed by atoms with Crippen molar-refractivity contribution in [2.75, 3.05) is 30.6 Å². The van der Waals surface area contributed by atoms with Crippen molar-refractivity contribution in [3.63, 3.8) is 0 Å². The first-order chi connectivity index (χ1) is 16.1. The highest BCUT2D eigenvalue weighted by Gasteiger charge is 2.30. The van der Waals surface area contributed by atoms with Crippen molar-refractivity contribution >= 4 is 47.2 Å². The molecule has 0 aliphatic heterocycles. The highest BCUT2D eigenvalue weighted by molar-refractivity contribution is 7.98. The van der Waals surface area contributed by atoms with Crippen LogP contribution in [0.15, 0.2) is 0 Å². The summed E-state index contributed by atoms with van der Waals surface area (Å²) in [5, 5.41) is 17.4. The Bertz CT molecular complexity index is 639. The van der Waals surface area contributed by atoms with Crippen LogP contribution in [0.1, 0.15) is 52.4 Å². The highest BCUT2D eigenvalue weighted by Crippen LogP contribution is 2.10. The number of thioether (sulfide) groups is 2. The predicted molar refractivity (Wildman–Crippen MR) is 140 cm³/mol. The van der Waals surface area contributed by atoms with Gasteiger partial charge in [-0.15, -0.1) is 0 Å². The Morgan fingerprint density at radius 1 is 0.794 bits per heavy atom. The van der Waals surface area contributed by atoms with Crippen molar-refractivity contribution in [3.8, 4) is 0 Å². The average Bonchev–Trinajstić information content (AvgIpc) is 2.78. The maximum atomic E-state index is 13.1. The number of nitrogens with one attached hydrogen (secondary N) is 3. The zero-order chi connectivity index (χ0) is 26.1. The lowest BCUT2D eigenvalue weighted by Crippen LogP contribution is -2.57. The van der Waals surface area contributed by atoms with Crippen LogP contribution in [0.2, 0.25) is 0 Å². The Hall–Kier alpha value is -1.50. The third-order valence-corrected chi connectivity index (χ3v) is 6.40. The molecule has 0 aliphatic carbocycles. The van der Waals surface area contributed by atoms with Gasteiger partial charge in [0.25, 0.3) is 0 Å². The van der Waals surface area contributed by atoms with Crippen molar-refractivity contribution in [2.24, 2.45) is 17.4 Å². The van der Waals surface area contributed by atoms with E-state index in [1.807, 2.05) is 26.4 Å². The third kappa shape index (κ3) is 14.0. The molecule has 0 aromatic rings. The molecule has 34 heavy (non-hydrogen) atoms. The number of carbonyl (C=O) groups excluding carboxylic acids is 3. The van der Waals surface area contributed by atoms with Gasteiger partial charge in [0.05, 0.1) is 6.04 Å². The standard InChI is InChI=1S/C22H43N5O5S2/c1-14(2)13-18(21(30)26-17(22(31)32)9-12-34-4)27-20(29)16(7-5-6-10-23)25-19(28)15(24)8-11-33-3/h14-18H,5-13,23-24H2,1-4H3,(H,25,28)(H,26,30)(H,27,29)(H,31,32). The molecule has 0 saturated heterocycles. The van der Waals surface area contributed by atoms with Gasteiger partial charge in [0.15, 0.2) is 0 Å². The molecular formula is C22H43N5O5S2. The number of carboxylic acid groups (broad SMARTS) is 1. The van der Waals surface area contributed by atoms with Gasteiger partial charge in [0, 0.05) is 0 Å². The summed E-state index contributed by atoms with van der Waals surface area (Å²) in [7, 11) is 0. The average molecular weight is 522 g/mol. The van der Waals surface area contributed by atoms with Gasteiger partial charge in [-0.3, -0.25) is 14.4 Å². The largest absolute Gasteiger partial charge is 0.480 e. The second-order valence-electron chi connectivity index (χ2n) is 8.61. The maximum absolute atomic E-state index is 13.1. The topological polar surface area (TPSA) is 177 Å². The van der Waals surface area contributed by atoms with Crippen LogP contribution in [0.25, 0.3) is 0 Å². The van der Waals surface area contributed by atoms with Crippen LogP contribution in [-0.4, -0.2) is 83.5 Å². The predicted octanol–water partition coefficient (Wildman–Crippen LogP) is 0.534. The quantitative estimate of drug-likeness (QED) is 0.132. The van der Waals surface area contributed by atoms with Gasteiger partial charge in [-0.2, -0.15) is 23.5 Å². The van der Waals surface area contributed by atoms with E-state index in [-0.39, 0.29) is 12.3 Å². The first kappa shape index (κ1) is 32.5. The number of aliphatic carboxylic acids is 1. The number of rotatable bonds is 19. The maximum Gasteiger partial charge on any atom is 0.326 e. The number of unbranched alkanes of at least 4 members (excludes halogenated alkanes) is 1. The Balaban J connectivity index is 5.42. The summed E-state index contributed by atoms with van der Waals surface area (Å²) >= 11 is 3.06. The molecule has 0 radical (unpaired) electrons. The minimum atomic E-state index is -1.12. The number of nitrogens with two attached hydrogens (primary N) is 2. The normalized spacial score (nSPS) is 14.7. The van der Waals surface area contributed by atoms with Crippen LogP contribution in [0.5, 0.6) is 0 Å². The fourth-order valence-corrected chi connectivity index (χ4v) is 4.12. The van der Waals surface area contributed by atoms with Gasteiger partial charge in [-0.1, -0.05) is 13.8 Å². The molecule has 3 amide bonds. The molecule has 0 spiro atoms. The smallest absolute Gasteiger partial charge is 0.326 e. The zero-order valence-corrected chi connectivity index (χ0v) is 22.4. The molecule has 0 saturated carbocycles. The number of carboxylic acids is 1. The molecule has 0 rings (SSSR count). The highest BCUT2D eigenvalue weighted by atomic mass is 32.2. The second-order valence-corrected chi connectivity index (χ2v) is 10.6. The monoisotopic (exact) mass is 521 g/mol. The molecule has 8 N–H and O–H groups in total. The molecule has 10 nitrogen and oxygen atoms in total. The molecule has 0 aromatic heterocycles. The molecular weight excluding hydrogens is 478 g/mol. The number of hydrogen-bond donors (Lipinski definition) is 6. The third-order valence-electron chi connectivity index (χ3n) is 5.11. The molecule has 0 aliphatic rings. The van der Waals surface area contributed by atoms with Gasteiger partial charge < -0.3 is 32.5 Å². The van der Waals surface area contributed by atoms with E-state index in [0.717, 1.165) is 5.75 Å².